The topological polar surface area (TPSA) is 9.23 Å². The highest BCUT2D eigenvalue weighted by Gasteiger charge is 2.43. The van der Waals surface area contributed by atoms with Crippen molar-refractivity contribution >= 4 is 39.1 Å². The predicted octanol–water partition coefficient (Wildman–Crippen LogP) is 4.86. The minimum Gasteiger partial charge on any atom is -0.254 e. The minimum atomic E-state index is -4.63. The Labute approximate surface area is 108 Å². The first-order valence-corrected chi connectivity index (χ1v) is 5.06. The van der Waals surface area contributed by atoms with Crippen molar-refractivity contribution in [3.05, 3.63) is 0 Å². The SMILES string of the molecule is FC(F)(F)C(Cl)Br.FC(F)OC(F)(F)C(F)Cl. The van der Waals surface area contributed by atoms with Crippen molar-refractivity contribution in [2.24, 2.45) is 0 Å². The number of halogens is 11. The van der Waals surface area contributed by atoms with E-state index in [1.165, 1.54) is 0 Å². The summed E-state index contributed by atoms with van der Waals surface area (Å²) in [5, 5.41) is 0. The molecular weight excluding hydrogens is 379 g/mol. The molecule has 0 aromatic rings. The molecular formula is C5H3BrCl2F8O. The van der Waals surface area contributed by atoms with E-state index in [9.17, 15) is 35.1 Å². The third kappa shape index (κ3) is 11.3. The van der Waals surface area contributed by atoms with E-state index in [1.807, 2.05) is 0 Å². The molecule has 0 N–H and O–H groups in total. The van der Waals surface area contributed by atoms with Crippen molar-refractivity contribution in [3.8, 4) is 0 Å². The predicted molar refractivity (Wildman–Crippen MR) is 47.4 cm³/mol. The molecule has 0 rings (SSSR count). The maximum atomic E-state index is 11.6. The van der Waals surface area contributed by atoms with E-state index < -0.39 is 28.8 Å². The average molecular weight is 382 g/mol. The van der Waals surface area contributed by atoms with Gasteiger partial charge in [-0.3, -0.25) is 4.74 Å². The fourth-order valence-electron chi connectivity index (χ4n) is 0.170. The summed E-state index contributed by atoms with van der Waals surface area (Å²) in [7, 11) is 0. The number of rotatable bonds is 3. The monoisotopic (exact) mass is 380 g/mol. The van der Waals surface area contributed by atoms with Gasteiger partial charge in [0.15, 0.2) is 4.29 Å². The quantitative estimate of drug-likeness (QED) is 0.501. The number of hydrogen-bond donors (Lipinski definition) is 0. The Morgan fingerprint density at radius 3 is 1.29 bits per heavy atom. The maximum Gasteiger partial charge on any atom is 0.414 e. The summed E-state index contributed by atoms with van der Waals surface area (Å²) in [4.78, 5) is 0. The van der Waals surface area contributed by atoms with E-state index in [0.717, 1.165) is 0 Å². The Hall–Kier alpha value is 0.460. The van der Waals surface area contributed by atoms with Gasteiger partial charge in [-0.15, -0.1) is 11.6 Å². The molecule has 0 saturated carbocycles. The molecule has 12 heteroatoms. The number of hydrogen-bond acceptors (Lipinski definition) is 1. The highest BCUT2D eigenvalue weighted by atomic mass is 79.9. The molecule has 0 aliphatic carbocycles. The van der Waals surface area contributed by atoms with Gasteiger partial charge in [0.25, 0.3) is 5.63 Å². The third-order valence-corrected chi connectivity index (χ3v) is 1.77. The van der Waals surface area contributed by atoms with Crippen LogP contribution < -0.4 is 0 Å². The lowest BCUT2D eigenvalue weighted by atomic mass is 10.7. The van der Waals surface area contributed by atoms with Crippen LogP contribution in [0, 0.1) is 0 Å². The number of alkyl halides is 11. The molecule has 0 aromatic heterocycles. The van der Waals surface area contributed by atoms with E-state index >= 15 is 0 Å². The zero-order chi connectivity index (χ0) is 14.4. The van der Waals surface area contributed by atoms with Gasteiger partial charge in [0, 0.05) is 0 Å². The van der Waals surface area contributed by atoms with Gasteiger partial charge in [0.1, 0.15) is 0 Å². The second-order valence-electron chi connectivity index (χ2n) is 2.08. The molecule has 2 unspecified atom stereocenters. The Morgan fingerprint density at radius 1 is 0.941 bits per heavy atom. The van der Waals surface area contributed by atoms with E-state index in [1.54, 1.807) is 0 Å². The fourth-order valence-corrected chi connectivity index (χ4v) is 0.222. The van der Waals surface area contributed by atoms with Crippen LogP contribution in [0.2, 0.25) is 0 Å². The smallest absolute Gasteiger partial charge is 0.254 e. The standard InChI is InChI=1S/C3H2ClF5O.C2HBrClF3/c4-1(5)3(8,9)10-2(6)7;3-1(4)2(5,6)7/h1-2H;1H. The summed E-state index contributed by atoms with van der Waals surface area (Å²) in [5.41, 5.74) is -3.26. The molecule has 2 atom stereocenters. The second-order valence-corrected chi connectivity index (χ2v) is 4.35. The molecule has 0 saturated heterocycles. The fraction of sp³-hybridized carbons (Fsp3) is 1.00. The lowest BCUT2D eigenvalue weighted by Crippen LogP contribution is -2.31. The summed E-state index contributed by atoms with van der Waals surface area (Å²) in [6.45, 7) is -3.74. The van der Waals surface area contributed by atoms with Crippen molar-refractivity contribution < 1.29 is 39.9 Å². The van der Waals surface area contributed by atoms with E-state index in [0.29, 0.717) is 0 Å². The lowest BCUT2D eigenvalue weighted by molar-refractivity contribution is -0.330. The van der Waals surface area contributed by atoms with Crippen LogP contribution in [0.15, 0.2) is 0 Å². The summed E-state index contributed by atoms with van der Waals surface area (Å²) in [6, 6.07) is 0. The molecule has 17 heavy (non-hydrogen) atoms. The zero-order valence-electron chi connectivity index (χ0n) is 7.30. The van der Waals surface area contributed by atoms with Gasteiger partial charge in [-0.05, 0) is 0 Å². The van der Waals surface area contributed by atoms with Gasteiger partial charge >= 0.3 is 18.9 Å². The Bertz CT molecular complexity index is 209. The van der Waals surface area contributed by atoms with Gasteiger partial charge in [-0.25, -0.2) is 4.39 Å². The van der Waals surface area contributed by atoms with Gasteiger partial charge in [-0.1, -0.05) is 27.5 Å². The van der Waals surface area contributed by atoms with Crippen LogP contribution in [-0.4, -0.2) is 28.8 Å². The Kier molecular flexibility index (Phi) is 9.08. The Balaban J connectivity index is 0. The maximum absolute atomic E-state index is 11.6. The average Bonchev–Trinajstić information content (AvgIpc) is 1.99. The molecule has 0 aliphatic rings. The summed E-state index contributed by atoms with van der Waals surface area (Å²) in [6.07, 6.45) is -8.95. The molecule has 1 nitrogen and oxygen atoms in total. The lowest BCUT2D eigenvalue weighted by Gasteiger charge is -2.14. The second kappa shape index (κ2) is 7.80. The van der Waals surface area contributed by atoms with Crippen LogP contribution in [0.5, 0.6) is 0 Å². The zero-order valence-corrected chi connectivity index (χ0v) is 10.4. The van der Waals surface area contributed by atoms with Crippen molar-refractivity contribution in [2.45, 2.75) is 28.8 Å². The normalized spacial score (nSPS) is 16.2. The summed E-state index contributed by atoms with van der Waals surface area (Å²) in [5.74, 6) is 0. The molecule has 0 spiro atoms. The van der Waals surface area contributed by atoms with Crippen molar-refractivity contribution in [3.63, 3.8) is 0 Å². The van der Waals surface area contributed by atoms with Crippen LogP contribution in [-0.2, 0) is 4.74 Å². The van der Waals surface area contributed by atoms with Crippen LogP contribution in [0.1, 0.15) is 0 Å². The molecule has 0 radical (unpaired) electrons. The highest BCUT2D eigenvalue weighted by Crippen LogP contribution is 2.29. The molecule has 0 fully saturated rings. The first-order chi connectivity index (χ1) is 7.30. The highest BCUT2D eigenvalue weighted by molar-refractivity contribution is 9.10. The van der Waals surface area contributed by atoms with E-state index in [-0.39, 0.29) is 0 Å². The molecule has 0 aromatic carbocycles. The molecule has 106 valence electrons. The third-order valence-electron chi connectivity index (χ3n) is 0.748. The first-order valence-electron chi connectivity index (χ1n) is 3.27. The van der Waals surface area contributed by atoms with Gasteiger partial charge in [-0.2, -0.15) is 30.7 Å². The molecule has 0 amide bonds. The van der Waals surface area contributed by atoms with Crippen LogP contribution in [0.3, 0.4) is 0 Å². The van der Waals surface area contributed by atoms with Crippen LogP contribution >= 0.6 is 39.1 Å². The summed E-state index contributed by atoms with van der Waals surface area (Å²) < 4.78 is 90.1. The van der Waals surface area contributed by atoms with Gasteiger partial charge in [0.2, 0.25) is 0 Å². The van der Waals surface area contributed by atoms with Gasteiger partial charge in [0.05, 0.1) is 0 Å². The molecule has 0 bridgehead atoms. The van der Waals surface area contributed by atoms with E-state index in [2.05, 4.69) is 43.9 Å². The Morgan fingerprint density at radius 2 is 1.24 bits per heavy atom. The van der Waals surface area contributed by atoms with Crippen molar-refractivity contribution in [2.75, 3.05) is 0 Å². The van der Waals surface area contributed by atoms with Crippen molar-refractivity contribution in [1.29, 1.82) is 0 Å². The number of ether oxygens (including phenoxy) is 1. The molecule has 0 heterocycles. The largest absolute Gasteiger partial charge is 0.414 e. The van der Waals surface area contributed by atoms with E-state index in [4.69, 9.17) is 0 Å². The van der Waals surface area contributed by atoms with Gasteiger partial charge < -0.3 is 0 Å². The first kappa shape index (κ1) is 19.8. The van der Waals surface area contributed by atoms with Crippen molar-refractivity contribution in [1.82, 2.24) is 0 Å². The van der Waals surface area contributed by atoms with Crippen LogP contribution in [0.4, 0.5) is 35.1 Å². The van der Waals surface area contributed by atoms with Crippen LogP contribution in [0.25, 0.3) is 0 Å². The molecule has 0 aliphatic heterocycles. The summed E-state index contributed by atoms with van der Waals surface area (Å²) >= 11 is 10.8. The minimum absolute atomic E-state index is 1.92.